The largest absolute Gasteiger partial charge is 0.337 e. The van der Waals surface area contributed by atoms with Crippen molar-refractivity contribution in [2.45, 2.75) is 44.4 Å². The van der Waals surface area contributed by atoms with Crippen LogP contribution in [0.2, 0.25) is 0 Å². The van der Waals surface area contributed by atoms with Crippen LogP contribution in [0.3, 0.4) is 0 Å². The van der Waals surface area contributed by atoms with Gasteiger partial charge in [0.25, 0.3) is 5.56 Å². The zero-order chi connectivity index (χ0) is 18.4. The van der Waals surface area contributed by atoms with Crippen molar-refractivity contribution in [3.63, 3.8) is 0 Å². The Hall–Kier alpha value is -2.06. The molecule has 3 N–H and O–H groups in total. The predicted molar refractivity (Wildman–Crippen MR) is 102 cm³/mol. The summed E-state index contributed by atoms with van der Waals surface area (Å²) in [5.41, 5.74) is 7.60. The number of hydrogen-bond donors (Lipinski definition) is 2. The molecule has 2 aliphatic heterocycles. The summed E-state index contributed by atoms with van der Waals surface area (Å²) in [4.78, 5) is 29.7. The van der Waals surface area contributed by atoms with E-state index >= 15 is 0 Å². The van der Waals surface area contributed by atoms with Crippen molar-refractivity contribution in [2.24, 2.45) is 19.8 Å². The molecular formula is C18H28N6O2. The number of anilines is 2. The van der Waals surface area contributed by atoms with Crippen LogP contribution >= 0.6 is 0 Å². The van der Waals surface area contributed by atoms with E-state index in [2.05, 4.69) is 21.2 Å². The molecule has 0 saturated carbocycles. The summed E-state index contributed by atoms with van der Waals surface area (Å²) in [7, 11) is 3.26. The standard InChI is InChI=1S/C18H28N6O2/c1-21-15-14(16(25)22(2)18(21)26)24(10-12-6-3-4-7-12)17(20-15)23-9-5-8-13(19)11-23/h6,13,17,20H,3-5,7-11,19H2,1-2H3. The smallest absolute Gasteiger partial charge is 0.332 e. The summed E-state index contributed by atoms with van der Waals surface area (Å²) < 4.78 is 2.73. The lowest BCUT2D eigenvalue weighted by atomic mass is 10.1. The normalized spacial score (nSPS) is 26.0. The molecule has 1 saturated heterocycles. The molecule has 142 valence electrons. The first-order valence-corrected chi connectivity index (χ1v) is 9.48. The minimum Gasteiger partial charge on any atom is -0.337 e. The molecule has 1 aromatic rings. The minimum atomic E-state index is -0.308. The second-order valence-electron chi connectivity index (χ2n) is 7.70. The number of hydrogen-bond acceptors (Lipinski definition) is 6. The Bertz CT molecular complexity index is 854. The second-order valence-corrected chi connectivity index (χ2v) is 7.70. The Labute approximate surface area is 152 Å². The van der Waals surface area contributed by atoms with Gasteiger partial charge >= 0.3 is 5.69 Å². The maximum atomic E-state index is 12.9. The third kappa shape index (κ3) is 2.77. The van der Waals surface area contributed by atoms with E-state index in [1.807, 2.05) is 0 Å². The summed E-state index contributed by atoms with van der Waals surface area (Å²) in [5.74, 6) is 0.612. The summed E-state index contributed by atoms with van der Waals surface area (Å²) in [5, 5.41) is 3.44. The number of nitrogens with one attached hydrogen (secondary N) is 1. The fourth-order valence-electron chi connectivity index (χ4n) is 4.39. The summed E-state index contributed by atoms with van der Waals surface area (Å²) in [6.45, 7) is 2.43. The van der Waals surface area contributed by atoms with Gasteiger partial charge in [0.1, 0.15) is 11.5 Å². The number of piperidine rings is 1. The highest BCUT2D eigenvalue weighted by Gasteiger charge is 2.39. The molecule has 0 bridgehead atoms. The maximum absolute atomic E-state index is 12.9. The van der Waals surface area contributed by atoms with Crippen LogP contribution in [0.1, 0.15) is 32.1 Å². The molecule has 0 radical (unpaired) electrons. The molecule has 2 unspecified atom stereocenters. The molecule has 4 rings (SSSR count). The van der Waals surface area contributed by atoms with Crippen molar-refractivity contribution < 1.29 is 0 Å². The average Bonchev–Trinajstić information content (AvgIpc) is 3.26. The van der Waals surface area contributed by atoms with Crippen molar-refractivity contribution in [1.82, 2.24) is 14.0 Å². The molecule has 8 nitrogen and oxygen atoms in total. The quantitative estimate of drug-likeness (QED) is 0.745. The third-order valence-electron chi connectivity index (χ3n) is 5.83. The molecule has 3 aliphatic rings. The van der Waals surface area contributed by atoms with E-state index < -0.39 is 0 Å². The van der Waals surface area contributed by atoms with E-state index in [4.69, 9.17) is 5.73 Å². The Morgan fingerprint density at radius 1 is 1.23 bits per heavy atom. The van der Waals surface area contributed by atoms with Crippen LogP contribution in [0.25, 0.3) is 0 Å². The van der Waals surface area contributed by atoms with Crippen LogP contribution in [-0.2, 0) is 14.1 Å². The van der Waals surface area contributed by atoms with Crippen molar-refractivity contribution in [3.05, 3.63) is 32.5 Å². The molecule has 1 aromatic heterocycles. The molecule has 3 heterocycles. The van der Waals surface area contributed by atoms with Crippen LogP contribution in [0.5, 0.6) is 0 Å². The Morgan fingerprint density at radius 3 is 2.73 bits per heavy atom. The van der Waals surface area contributed by atoms with Gasteiger partial charge in [-0.1, -0.05) is 11.6 Å². The average molecular weight is 360 g/mol. The molecule has 0 amide bonds. The van der Waals surface area contributed by atoms with E-state index in [1.54, 1.807) is 14.1 Å². The van der Waals surface area contributed by atoms with Crippen molar-refractivity contribution in [1.29, 1.82) is 0 Å². The predicted octanol–water partition coefficient (Wildman–Crippen LogP) is 0.133. The molecule has 1 aliphatic carbocycles. The summed E-state index contributed by atoms with van der Waals surface area (Å²) in [6, 6.07) is 0.147. The van der Waals surface area contributed by atoms with E-state index in [0.717, 1.165) is 38.8 Å². The first kappa shape index (κ1) is 17.4. The zero-order valence-electron chi connectivity index (χ0n) is 15.6. The number of allylic oxidation sites excluding steroid dienone is 1. The van der Waals surface area contributed by atoms with Gasteiger partial charge in [0.2, 0.25) is 0 Å². The SMILES string of the molecule is Cn1c2c(c(=O)n(C)c1=O)N(CC1=CCCC1)C(N1CCCC(N)C1)N2. The number of nitrogens with two attached hydrogens (primary N) is 1. The lowest BCUT2D eigenvalue weighted by Crippen LogP contribution is -2.56. The van der Waals surface area contributed by atoms with E-state index in [9.17, 15) is 9.59 Å². The summed E-state index contributed by atoms with van der Waals surface area (Å²) in [6.07, 6.45) is 7.57. The molecule has 8 heteroatoms. The van der Waals surface area contributed by atoms with Crippen molar-refractivity contribution in [3.8, 4) is 0 Å². The van der Waals surface area contributed by atoms with Crippen molar-refractivity contribution in [2.75, 3.05) is 29.9 Å². The van der Waals surface area contributed by atoms with E-state index in [0.29, 0.717) is 18.1 Å². The number of likely N-dealkylation sites (tertiary alicyclic amines) is 1. The van der Waals surface area contributed by atoms with Gasteiger partial charge < -0.3 is 16.0 Å². The van der Waals surface area contributed by atoms with Crippen LogP contribution in [-0.4, -0.2) is 46.0 Å². The first-order valence-electron chi connectivity index (χ1n) is 9.48. The Kier molecular flexibility index (Phi) is 4.40. The third-order valence-corrected chi connectivity index (χ3v) is 5.83. The number of fused-ring (bicyclic) bond motifs is 1. The van der Waals surface area contributed by atoms with Gasteiger partial charge in [-0.3, -0.25) is 18.8 Å². The van der Waals surface area contributed by atoms with Crippen LogP contribution < -0.4 is 27.2 Å². The number of aromatic nitrogens is 2. The molecule has 0 spiro atoms. The molecule has 0 aromatic carbocycles. The van der Waals surface area contributed by atoms with Crippen LogP contribution in [0.4, 0.5) is 11.5 Å². The van der Waals surface area contributed by atoms with E-state index in [1.165, 1.54) is 21.1 Å². The first-order chi connectivity index (χ1) is 12.5. The molecule has 2 atom stereocenters. The highest BCUT2D eigenvalue weighted by molar-refractivity contribution is 5.72. The van der Waals surface area contributed by atoms with Crippen LogP contribution in [0.15, 0.2) is 21.2 Å². The lowest BCUT2D eigenvalue weighted by molar-refractivity contribution is 0.164. The topological polar surface area (TPSA) is 88.5 Å². The van der Waals surface area contributed by atoms with Gasteiger partial charge in [0, 0.05) is 39.8 Å². The van der Waals surface area contributed by atoms with Crippen LogP contribution in [0, 0.1) is 0 Å². The summed E-state index contributed by atoms with van der Waals surface area (Å²) >= 11 is 0. The fraction of sp³-hybridized carbons (Fsp3) is 0.667. The van der Waals surface area contributed by atoms with E-state index in [-0.39, 0.29) is 23.6 Å². The van der Waals surface area contributed by atoms with Crippen molar-refractivity contribution >= 4 is 11.5 Å². The highest BCUT2D eigenvalue weighted by atomic mass is 16.2. The van der Waals surface area contributed by atoms with Gasteiger partial charge in [-0.2, -0.15) is 0 Å². The number of rotatable bonds is 3. The number of nitrogens with zero attached hydrogens (tertiary/aromatic N) is 4. The second kappa shape index (κ2) is 6.59. The zero-order valence-corrected chi connectivity index (χ0v) is 15.6. The Balaban J connectivity index is 1.77. The molecular weight excluding hydrogens is 332 g/mol. The minimum absolute atomic E-state index is 0.140. The van der Waals surface area contributed by atoms with Gasteiger partial charge in [0.15, 0.2) is 6.29 Å². The lowest BCUT2D eigenvalue weighted by Gasteiger charge is -2.39. The van der Waals surface area contributed by atoms with Gasteiger partial charge in [-0.25, -0.2) is 4.79 Å². The van der Waals surface area contributed by atoms with Gasteiger partial charge in [-0.15, -0.1) is 0 Å². The Morgan fingerprint density at radius 2 is 2.04 bits per heavy atom. The maximum Gasteiger partial charge on any atom is 0.332 e. The monoisotopic (exact) mass is 360 g/mol. The van der Waals surface area contributed by atoms with Gasteiger partial charge in [0.05, 0.1) is 0 Å². The molecule has 1 fully saturated rings. The fourth-order valence-corrected chi connectivity index (χ4v) is 4.39. The van der Waals surface area contributed by atoms with Gasteiger partial charge in [-0.05, 0) is 32.1 Å². The highest BCUT2D eigenvalue weighted by Crippen LogP contribution is 2.34. The molecule has 26 heavy (non-hydrogen) atoms.